The summed E-state index contributed by atoms with van der Waals surface area (Å²) in [6, 6.07) is 15.6. The molecule has 140 valence electrons. The number of nitrogens with zero attached hydrogens (tertiary/aromatic N) is 3. The zero-order valence-corrected chi connectivity index (χ0v) is 17.2. The zero-order chi connectivity index (χ0) is 19.4. The highest BCUT2D eigenvalue weighted by Gasteiger charge is 2.30. The Balaban J connectivity index is 1.82. The lowest BCUT2D eigenvalue weighted by Gasteiger charge is -2.20. The molecule has 2 aromatic carbocycles. The van der Waals surface area contributed by atoms with Gasteiger partial charge in [0.05, 0.1) is 10.6 Å². The van der Waals surface area contributed by atoms with Gasteiger partial charge in [0.2, 0.25) is 0 Å². The van der Waals surface area contributed by atoms with Crippen LogP contribution in [0.2, 0.25) is 5.02 Å². The number of aliphatic imine (C=N–C) groups is 1. The van der Waals surface area contributed by atoms with Crippen LogP contribution in [0.25, 0.3) is 6.08 Å². The first-order chi connectivity index (χ1) is 13.0. The second-order valence-electron chi connectivity index (χ2n) is 6.11. The summed E-state index contributed by atoms with van der Waals surface area (Å²) in [5, 5.41) is 1.27. The van der Waals surface area contributed by atoms with E-state index in [1.54, 1.807) is 24.1 Å². The van der Waals surface area contributed by atoms with Crippen molar-refractivity contribution in [3.05, 3.63) is 64.0 Å². The molecule has 2 aromatic rings. The van der Waals surface area contributed by atoms with Crippen molar-refractivity contribution in [1.29, 1.82) is 0 Å². The summed E-state index contributed by atoms with van der Waals surface area (Å²) in [5.74, 6) is -0.0476. The Hall–Kier alpha value is -2.24. The molecule has 0 N–H and O–H groups in total. The predicted octanol–water partition coefficient (Wildman–Crippen LogP) is 5.42. The smallest absolute Gasteiger partial charge is 0.266 e. The normalized spacial score (nSPS) is 17.2. The number of amidine groups is 1. The van der Waals surface area contributed by atoms with Crippen LogP contribution < -0.4 is 4.90 Å². The Kier molecular flexibility index (Phi) is 6.24. The third kappa shape index (κ3) is 4.54. The van der Waals surface area contributed by atoms with E-state index in [9.17, 15) is 4.79 Å². The van der Waals surface area contributed by atoms with Gasteiger partial charge in [0.15, 0.2) is 5.17 Å². The molecular formula is C21H22ClN3OS. The predicted molar refractivity (Wildman–Crippen MR) is 117 cm³/mol. The second kappa shape index (κ2) is 8.63. The minimum atomic E-state index is -0.0476. The Morgan fingerprint density at radius 3 is 2.48 bits per heavy atom. The fraction of sp³-hybridized carbons (Fsp3) is 0.238. The van der Waals surface area contributed by atoms with Crippen LogP contribution in [0.1, 0.15) is 19.4 Å². The van der Waals surface area contributed by atoms with Gasteiger partial charge < -0.3 is 4.90 Å². The average molecular weight is 400 g/mol. The van der Waals surface area contributed by atoms with Crippen LogP contribution in [0.3, 0.4) is 0 Å². The van der Waals surface area contributed by atoms with Crippen molar-refractivity contribution in [1.82, 2.24) is 4.90 Å². The Labute approximate surface area is 169 Å². The van der Waals surface area contributed by atoms with Gasteiger partial charge in [-0.3, -0.25) is 9.69 Å². The Morgan fingerprint density at radius 2 is 1.85 bits per heavy atom. The van der Waals surface area contributed by atoms with E-state index in [-0.39, 0.29) is 5.91 Å². The molecule has 0 aliphatic carbocycles. The van der Waals surface area contributed by atoms with Crippen LogP contribution in [0.15, 0.2) is 58.4 Å². The van der Waals surface area contributed by atoms with E-state index in [2.05, 4.69) is 35.9 Å². The summed E-state index contributed by atoms with van der Waals surface area (Å²) < 4.78 is 0. The molecule has 27 heavy (non-hydrogen) atoms. The maximum Gasteiger partial charge on any atom is 0.266 e. The van der Waals surface area contributed by atoms with Gasteiger partial charge in [-0.25, -0.2) is 4.99 Å². The van der Waals surface area contributed by atoms with Gasteiger partial charge in [-0.05, 0) is 67.6 Å². The molecule has 1 saturated heterocycles. The molecule has 1 aliphatic heterocycles. The highest BCUT2D eigenvalue weighted by Crippen LogP contribution is 2.33. The van der Waals surface area contributed by atoms with Crippen molar-refractivity contribution in [2.45, 2.75) is 13.8 Å². The number of halogens is 1. The minimum Gasteiger partial charge on any atom is -0.372 e. The molecule has 0 radical (unpaired) electrons. The van der Waals surface area contributed by atoms with Crippen LogP contribution in [0.4, 0.5) is 11.4 Å². The van der Waals surface area contributed by atoms with Gasteiger partial charge in [0, 0.05) is 30.8 Å². The van der Waals surface area contributed by atoms with Gasteiger partial charge in [-0.1, -0.05) is 29.8 Å². The molecule has 0 aromatic heterocycles. The van der Waals surface area contributed by atoms with Gasteiger partial charge >= 0.3 is 0 Å². The SMILES string of the molecule is CCN(CC)c1ccc(/C=C2/SC(=Nc3cccc(Cl)c3)N(C)C2=O)cc1. The van der Waals surface area contributed by atoms with Crippen LogP contribution >= 0.6 is 23.4 Å². The van der Waals surface area contributed by atoms with Crippen LogP contribution in [-0.2, 0) is 4.79 Å². The first-order valence-corrected chi connectivity index (χ1v) is 10.1. The first-order valence-electron chi connectivity index (χ1n) is 8.88. The molecule has 0 bridgehead atoms. The lowest BCUT2D eigenvalue weighted by atomic mass is 10.1. The van der Waals surface area contributed by atoms with Crippen LogP contribution in [-0.4, -0.2) is 36.1 Å². The molecule has 3 rings (SSSR count). The second-order valence-corrected chi connectivity index (χ2v) is 7.56. The number of rotatable bonds is 5. The van der Waals surface area contributed by atoms with E-state index in [4.69, 9.17) is 11.6 Å². The summed E-state index contributed by atoms with van der Waals surface area (Å²) in [7, 11) is 1.74. The number of benzene rings is 2. The minimum absolute atomic E-state index is 0.0476. The summed E-state index contributed by atoms with van der Waals surface area (Å²) >= 11 is 7.39. The largest absolute Gasteiger partial charge is 0.372 e. The molecule has 0 unspecified atom stereocenters. The number of carbonyl (C=O) groups is 1. The van der Waals surface area contributed by atoms with Crippen molar-refractivity contribution in [3.8, 4) is 0 Å². The number of hydrogen-bond acceptors (Lipinski definition) is 4. The van der Waals surface area contributed by atoms with Crippen molar-refractivity contribution < 1.29 is 4.79 Å². The molecule has 0 spiro atoms. The lowest BCUT2D eigenvalue weighted by molar-refractivity contribution is -0.121. The third-order valence-corrected chi connectivity index (χ3v) is 5.65. The number of carbonyl (C=O) groups excluding carboxylic acids is 1. The monoisotopic (exact) mass is 399 g/mol. The summed E-state index contributed by atoms with van der Waals surface area (Å²) in [5.41, 5.74) is 2.92. The Bertz CT molecular complexity index is 889. The molecule has 1 fully saturated rings. The van der Waals surface area contributed by atoms with Gasteiger partial charge in [0.25, 0.3) is 5.91 Å². The number of thioether (sulfide) groups is 1. The molecule has 0 saturated carbocycles. The quantitative estimate of drug-likeness (QED) is 0.630. The van der Waals surface area contributed by atoms with E-state index >= 15 is 0 Å². The Morgan fingerprint density at radius 1 is 1.15 bits per heavy atom. The van der Waals surface area contributed by atoms with Crippen molar-refractivity contribution in [3.63, 3.8) is 0 Å². The van der Waals surface area contributed by atoms with E-state index in [0.717, 1.165) is 24.3 Å². The molecule has 1 amide bonds. The highest BCUT2D eigenvalue weighted by atomic mass is 35.5. The molecule has 0 atom stereocenters. The molecule has 1 aliphatic rings. The maximum atomic E-state index is 12.6. The van der Waals surface area contributed by atoms with E-state index < -0.39 is 0 Å². The number of anilines is 1. The molecule has 6 heteroatoms. The molecule has 1 heterocycles. The van der Waals surface area contributed by atoms with Crippen LogP contribution in [0, 0.1) is 0 Å². The maximum absolute atomic E-state index is 12.6. The third-order valence-electron chi connectivity index (χ3n) is 4.36. The number of hydrogen-bond donors (Lipinski definition) is 0. The zero-order valence-electron chi connectivity index (χ0n) is 15.6. The standard InChI is InChI=1S/C21H22ClN3OS/c1-4-25(5-2)18-11-9-15(10-12-18)13-19-20(26)24(3)21(27-19)23-17-8-6-7-16(22)14-17/h6-14H,4-5H2,1-3H3/b19-13+,23-21?. The van der Waals surface area contributed by atoms with E-state index in [1.165, 1.54) is 17.4 Å². The highest BCUT2D eigenvalue weighted by molar-refractivity contribution is 8.18. The van der Waals surface area contributed by atoms with Crippen LogP contribution in [0.5, 0.6) is 0 Å². The summed E-state index contributed by atoms with van der Waals surface area (Å²) in [4.78, 5) is 21.6. The fourth-order valence-electron chi connectivity index (χ4n) is 2.83. The van der Waals surface area contributed by atoms with E-state index in [1.807, 2.05) is 30.3 Å². The number of likely N-dealkylation sites (N-methyl/N-ethyl adjacent to an activating group) is 1. The van der Waals surface area contributed by atoms with E-state index in [0.29, 0.717) is 15.1 Å². The fourth-order valence-corrected chi connectivity index (χ4v) is 4.00. The summed E-state index contributed by atoms with van der Waals surface area (Å²) in [6.07, 6.45) is 1.91. The molecular weight excluding hydrogens is 378 g/mol. The van der Waals surface area contributed by atoms with Gasteiger partial charge in [-0.15, -0.1) is 0 Å². The number of amides is 1. The molecule has 4 nitrogen and oxygen atoms in total. The lowest BCUT2D eigenvalue weighted by Crippen LogP contribution is -2.23. The van der Waals surface area contributed by atoms with Gasteiger partial charge in [-0.2, -0.15) is 0 Å². The van der Waals surface area contributed by atoms with Crippen molar-refractivity contribution >= 4 is 51.9 Å². The average Bonchev–Trinajstić information content (AvgIpc) is 2.92. The van der Waals surface area contributed by atoms with Crippen molar-refractivity contribution in [2.75, 3.05) is 25.0 Å². The van der Waals surface area contributed by atoms with Gasteiger partial charge in [0.1, 0.15) is 0 Å². The topological polar surface area (TPSA) is 35.9 Å². The summed E-state index contributed by atoms with van der Waals surface area (Å²) in [6.45, 7) is 6.23. The first kappa shape index (κ1) is 19.5. The van der Waals surface area contributed by atoms with Crippen molar-refractivity contribution in [2.24, 2.45) is 4.99 Å².